The van der Waals surface area contributed by atoms with E-state index in [1.165, 1.54) is 28.9 Å². The first-order chi connectivity index (χ1) is 22.2. The van der Waals surface area contributed by atoms with Crippen LogP contribution < -0.4 is 9.80 Å². The molecular weight excluding hydrogens is 586 g/mol. The van der Waals surface area contributed by atoms with Gasteiger partial charge in [0, 0.05) is 34.1 Å². The number of rotatable bonds is 8. The van der Waals surface area contributed by atoms with Gasteiger partial charge in [-0.25, -0.2) is 4.39 Å². The van der Waals surface area contributed by atoms with Crippen LogP contribution in [0.1, 0.15) is 101 Å². The van der Waals surface area contributed by atoms with Gasteiger partial charge in [0.1, 0.15) is 11.7 Å². The molecule has 2 atom stereocenters. The van der Waals surface area contributed by atoms with Gasteiger partial charge in [0.15, 0.2) is 0 Å². The lowest BCUT2D eigenvalue weighted by Gasteiger charge is -2.41. The number of anilines is 4. The maximum absolute atomic E-state index is 15.6. The van der Waals surface area contributed by atoms with E-state index in [1.807, 2.05) is 6.07 Å². The molecule has 46 heavy (non-hydrogen) atoms. The molecule has 6 rings (SSSR count). The molecule has 5 heteroatoms. The van der Waals surface area contributed by atoms with Crippen molar-refractivity contribution in [2.24, 2.45) is 4.99 Å². The summed E-state index contributed by atoms with van der Waals surface area (Å²) in [4.78, 5) is 11.0. The van der Waals surface area contributed by atoms with E-state index in [1.54, 1.807) is 17.8 Å². The molecule has 2 aliphatic heterocycles. The van der Waals surface area contributed by atoms with Crippen LogP contribution in [0.3, 0.4) is 0 Å². The first-order valence-electron chi connectivity index (χ1n) is 16.7. The maximum atomic E-state index is 15.6. The molecule has 2 bridgehead atoms. The van der Waals surface area contributed by atoms with E-state index in [0.29, 0.717) is 11.4 Å². The highest BCUT2D eigenvalue weighted by Crippen LogP contribution is 2.48. The average Bonchev–Trinajstić information content (AvgIpc) is 3.07. The number of nitrogens with zero attached hydrogens (tertiary/aromatic N) is 3. The SMILES string of the molecule is CCCC.CSC1=CN(c2c(C(C)C)cc(N(c3ccccc3)c3ccccc3)cc2C(C)C)C2=N[C@H]1C(C)c1cccc(F)c12. The van der Waals surface area contributed by atoms with Crippen LogP contribution in [-0.2, 0) is 0 Å². The number of hydrogen-bond donors (Lipinski definition) is 0. The van der Waals surface area contributed by atoms with Crippen LogP contribution in [0.15, 0.2) is 107 Å². The van der Waals surface area contributed by atoms with Gasteiger partial charge in [0.25, 0.3) is 0 Å². The quantitative estimate of drug-likeness (QED) is 0.192. The summed E-state index contributed by atoms with van der Waals surface area (Å²) in [6, 6.07) is 31.1. The van der Waals surface area contributed by atoms with Gasteiger partial charge >= 0.3 is 0 Å². The van der Waals surface area contributed by atoms with E-state index in [0.717, 1.165) is 28.3 Å². The summed E-state index contributed by atoms with van der Waals surface area (Å²) in [5.74, 6) is 1.05. The highest BCUT2D eigenvalue weighted by molar-refractivity contribution is 8.02. The van der Waals surface area contributed by atoms with Crippen LogP contribution in [0.2, 0.25) is 0 Å². The number of benzene rings is 4. The van der Waals surface area contributed by atoms with E-state index < -0.39 is 0 Å². The van der Waals surface area contributed by atoms with Crippen molar-refractivity contribution < 1.29 is 4.39 Å². The molecule has 0 spiro atoms. The van der Waals surface area contributed by atoms with Crippen molar-refractivity contribution in [3.63, 3.8) is 0 Å². The van der Waals surface area contributed by atoms with Crippen LogP contribution in [0.25, 0.3) is 0 Å². The number of aliphatic imine (C=N–C) groups is 1. The summed E-state index contributed by atoms with van der Waals surface area (Å²) < 4.78 is 15.6. The lowest BCUT2D eigenvalue weighted by molar-refractivity contribution is 0.593. The molecule has 0 N–H and O–H groups in total. The lowest BCUT2D eigenvalue weighted by atomic mass is 9.83. The highest BCUT2D eigenvalue weighted by atomic mass is 32.2. The van der Waals surface area contributed by atoms with Crippen LogP contribution in [-0.4, -0.2) is 18.1 Å². The fraction of sp³-hybridized carbons (Fsp3) is 0.341. The molecule has 240 valence electrons. The van der Waals surface area contributed by atoms with Gasteiger partial charge in [-0.05, 0) is 77.2 Å². The van der Waals surface area contributed by atoms with Gasteiger partial charge in [0.2, 0.25) is 0 Å². The Kier molecular flexibility index (Phi) is 10.7. The van der Waals surface area contributed by atoms with Crippen molar-refractivity contribution in [3.05, 3.63) is 130 Å². The number of para-hydroxylation sites is 2. The average molecular weight is 634 g/mol. The Morgan fingerprint density at radius 3 is 1.80 bits per heavy atom. The highest BCUT2D eigenvalue weighted by Gasteiger charge is 2.39. The predicted octanol–water partition coefficient (Wildman–Crippen LogP) is 12.3. The first kappa shape index (κ1) is 33.5. The third kappa shape index (κ3) is 6.53. The van der Waals surface area contributed by atoms with Gasteiger partial charge in [-0.1, -0.05) is 110 Å². The third-order valence-corrected chi connectivity index (χ3v) is 9.75. The zero-order valence-corrected chi connectivity index (χ0v) is 29.4. The number of unbranched alkanes of at least 4 members (excludes halogenated alkanes) is 1. The fourth-order valence-corrected chi connectivity index (χ4v) is 7.00. The second-order valence-corrected chi connectivity index (χ2v) is 13.7. The van der Waals surface area contributed by atoms with E-state index >= 15 is 4.39 Å². The largest absolute Gasteiger partial charge is 0.310 e. The number of halogens is 1. The Labute approximate surface area is 280 Å². The summed E-state index contributed by atoms with van der Waals surface area (Å²) in [7, 11) is 0. The molecule has 4 aromatic carbocycles. The molecule has 2 heterocycles. The molecule has 0 saturated carbocycles. The molecular formula is C41H48FN3S. The molecule has 4 aromatic rings. The van der Waals surface area contributed by atoms with E-state index in [-0.39, 0.29) is 29.6 Å². The number of amidine groups is 1. The molecule has 0 aliphatic carbocycles. The zero-order chi connectivity index (χ0) is 33.0. The second-order valence-electron chi connectivity index (χ2n) is 12.8. The number of thioether (sulfide) groups is 1. The normalized spacial score (nSPS) is 16.8. The summed E-state index contributed by atoms with van der Waals surface area (Å²) in [6.07, 6.45) is 6.98. The van der Waals surface area contributed by atoms with Crippen molar-refractivity contribution in [2.45, 2.75) is 85.1 Å². The maximum Gasteiger partial charge on any atom is 0.143 e. The van der Waals surface area contributed by atoms with Crippen LogP contribution in [0, 0.1) is 5.82 Å². The van der Waals surface area contributed by atoms with Gasteiger partial charge in [0.05, 0.1) is 17.3 Å². The minimum atomic E-state index is -0.212. The Balaban J connectivity index is 0.000000985. The lowest BCUT2D eigenvalue weighted by Crippen LogP contribution is -2.41. The smallest absolute Gasteiger partial charge is 0.143 e. The summed E-state index contributed by atoms with van der Waals surface area (Å²) >= 11 is 1.74. The minimum Gasteiger partial charge on any atom is -0.310 e. The molecule has 1 unspecified atom stereocenters. The van der Waals surface area contributed by atoms with E-state index in [9.17, 15) is 0 Å². The number of hydrogen-bond acceptors (Lipinski definition) is 4. The Morgan fingerprint density at radius 2 is 1.33 bits per heavy atom. The van der Waals surface area contributed by atoms with Crippen molar-refractivity contribution >= 4 is 40.3 Å². The number of fused-ring (bicyclic) bond motifs is 3. The topological polar surface area (TPSA) is 18.8 Å². The van der Waals surface area contributed by atoms with Gasteiger partial charge in [-0.15, -0.1) is 11.8 Å². The predicted molar refractivity (Wildman–Crippen MR) is 199 cm³/mol. The Bertz CT molecular complexity index is 1620. The van der Waals surface area contributed by atoms with Crippen molar-refractivity contribution in [1.82, 2.24) is 0 Å². The molecule has 0 saturated heterocycles. The Hall–Kier alpha value is -3.83. The van der Waals surface area contributed by atoms with Crippen molar-refractivity contribution in [2.75, 3.05) is 16.1 Å². The molecule has 0 radical (unpaired) electrons. The molecule has 0 fully saturated rings. The third-order valence-electron chi connectivity index (χ3n) is 8.93. The molecule has 0 amide bonds. The van der Waals surface area contributed by atoms with Crippen molar-refractivity contribution in [1.29, 1.82) is 0 Å². The standard InChI is InChI=1S/C37H38FN3S.C4H10/c1-23(2)30-20-28(41(26-14-9-7-10-15-26)27-16-11-8-12-17-27)21-31(24(3)4)36(30)40-22-33(42-6)35-25(5)29-18-13-19-32(38)34(29)37(40)39-35;1-3-4-2/h7-25,35H,1-6H3;3-4H2,1-2H3/t25?,35-;/m0./s1. The second kappa shape index (κ2) is 14.7. The monoisotopic (exact) mass is 633 g/mol. The van der Waals surface area contributed by atoms with Gasteiger partial charge in [-0.2, -0.15) is 0 Å². The van der Waals surface area contributed by atoms with Crippen LogP contribution >= 0.6 is 11.8 Å². The molecule has 0 aromatic heterocycles. The van der Waals surface area contributed by atoms with Crippen molar-refractivity contribution in [3.8, 4) is 0 Å². The fourth-order valence-electron chi connectivity index (χ4n) is 6.29. The zero-order valence-electron chi connectivity index (χ0n) is 28.6. The summed E-state index contributed by atoms with van der Waals surface area (Å²) in [5, 5.41) is 0. The molecule has 3 nitrogen and oxygen atoms in total. The van der Waals surface area contributed by atoms with Gasteiger partial charge < -0.3 is 9.80 Å². The van der Waals surface area contributed by atoms with Crippen LogP contribution in [0.5, 0.6) is 0 Å². The minimum absolute atomic E-state index is 0.00326. The Morgan fingerprint density at radius 1 is 0.783 bits per heavy atom. The van der Waals surface area contributed by atoms with Crippen LogP contribution in [0.4, 0.5) is 27.1 Å². The van der Waals surface area contributed by atoms with E-state index in [2.05, 4.69) is 150 Å². The molecule has 2 aliphatic rings. The van der Waals surface area contributed by atoms with E-state index in [4.69, 9.17) is 4.99 Å². The summed E-state index contributed by atoms with van der Waals surface area (Å²) in [6.45, 7) is 15.5. The summed E-state index contributed by atoms with van der Waals surface area (Å²) in [5.41, 5.74) is 8.50. The van der Waals surface area contributed by atoms with Gasteiger partial charge in [-0.3, -0.25) is 4.99 Å². The first-order valence-corrected chi connectivity index (χ1v) is 17.9.